The molecule has 1 fully saturated rings. The van der Waals surface area contributed by atoms with Gasteiger partial charge in [-0.3, -0.25) is 0 Å². The van der Waals surface area contributed by atoms with E-state index in [9.17, 15) is 9.50 Å². The van der Waals surface area contributed by atoms with Gasteiger partial charge in [-0.05, 0) is 25.0 Å². The van der Waals surface area contributed by atoms with Crippen LogP contribution in [0.5, 0.6) is 0 Å². The molecular formula is C13H18FNO. The summed E-state index contributed by atoms with van der Waals surface area (Å²) >= 11 is 0. The molecule has 2 rings (SSSR count). The van der Waals surface area contributed by atoms with Crippen LogP contribution in [-0.4, -0.2) is 17.3 Å². The molecule has 2 nitrogen and oxygen atoms in total. The highest BCUT2D eigenvalue weighted by atomic mass is 19.1. The zero-order valence-electron chi connectivity index (χ0n) is 9.38. The number of anilines is 1. The molecule has 0 heterocycles. The normalized spacial score (nSPS) is 19.4. The topological polar surface area (TPSA) is 32.3 Å². The van der Waals surface area contributed by atoms with Gasteiger partial charge in [-0.25, -0.2) is 4.39 Å². The van der Waals surface area contributed by atoms with Crippen LogP contribution in [0.3, 0.4) is 0 Å². The van der Waals surface area contributed by atoms with Crippen LogP contribution in [0.1, 0.15) is 32.1 Å². The summed E-state index contributed by atoms with van der Waals surface area (Å²) in [4.78, 5) is 0. The maximum absolute atomic E-state index is 13.3. The molecule has 0 unspecified atom stereocenters. The van der Waals surface area contributed by atoms with Crippen molar-refractivity contribution in [1.29, 1.82) is 0 Å². The van der Waals surface area contributed by atoms with Crippen LogP contribution < -0.4 is 5.32 Å². The van der Waals surface area contributed by atoms with Crippen LogP contribution in [0.4, 0.5) is 10.1 Å². The van der Waals surface area contributed by atoms with E-state index in [1.54, 1.807) is 18.2 Å². The lowest BCUT2D eigenvalue weighted by Gasteiger charge is -2.32. The number of para-hydroxylation sites is 1. The smallest absolute Gasteiger partial charge is 0.146 e. The van der Waals surface area contributed by atoms with E-state index in [1.165, 1.54) is 12.5 Å². The van der Waals surface area contributed by atoms with Crippen molar-refractivity contribution in [3.63, 3.8) is 0 Å². The van der Waals surface area contributed by atoms with Crippen LogP contribution in [0, 0.1) is 5.82 Å². The van der Waals surface area contributed by atoms with Crippen molar-refractivity contribution >= 4 is 5.69 Å². The average Bonchev–Trinajstić information content (AvgIpc) is 2.29. The molecule has 16 heavy (non-hydrogen) atoms. The molecule has 1 aliphatic carbocycles. The SMILES string of the molecule is OC1(CNc2ccccc2F)CCCCC1. The number of hydrogen-bond donors (Lipinski definition) is 2. The first kappa shape index (κ1) is 11.4. The number of nitrogens with one attached hydrogen (secondary N) is 1. The fourth-order valence-corrected chi connectivity index (χ4v) is 2.25. The van der Waals surface area contributed by atoms with Gasteiger partial charge in [-0.15, -0.1) is 0 Å². The maximum Gasteiger partial charge on any atom is 0.146 e. The van der Waals surface area contributed by atoms with Crippen molar-refractivity contribution in [2.45, 2.75) is 37.7 Å². The number of halogens is 1. The summed E-state index contributed by atoms with van der Waals surface area (Å²) in [6.07, 6.45) is 4.95. The Morgan fingerprint density at radius 2 is 1.88 bits per heavy atom. The van der Waals surface area contributed by atoms with Crippen molar-refractivity contribution in [3.05, 3.63) is 30.1 Å². The van der Waals surface area contributed by atoms with E-state index in [1.807, 2.05) is 0 Å². The zero-order valence-corrected chi connectivity index (χ0v) is 9.38. The molecule has 3 heteroatoms. The van der Waals surface area contributed by atoms with Gasteiger partial charge >= 0.3 is 0 Å². The highest BCUT2D eigenvalue weighted by Gasteiger charge is 2.28. The number of aliphatic hydroxyl groups is 1. The molecular weight excluding hydrogens is 205 g/mol. The molecule has 88 valence electrons. The first-order chi connectivity index (χ1) is 7.70. The Morgan fingerprint density at radius 3 is 2.56 bits per heavy atom. The molecule has 1 aliphatic rings. The first-order valence-electron chi connectivity index (χ1n) is 5.90. The monoisotopic (exact) mass is 223 g/mol. The summed E-state index contributed by atoms with van der Waals surface area (Å²) in [5.41, 5.74) is -0.179. The largest absolute Gasteiger partial charge is 0.388 e. The van der Waals surface area contributed by atoms with Gasteiger partial charge in [-0.1, -0.05) is 31.4 Å². The Morgan fingerprint density at radius 1 is 1.19 bits per heavy atom. The Bertz CT molecular complexity index is 348. The van der Waals surface area contributed by atoms with Crippen molar-refractivity contribution < 1.29 is 9.50 Å². The third-order valence-electron chi connectivity index (χ3n) is 3.27. The van der Waals surface area contributed by atoms with Crippen molar-refractivity contribution in [2.75, 3.05) is 11.9 Å². The molecule has 0 amide bonds. The van der Waals surface area contributed by atoms with Crippen LogP contribution in [0.25, 0.3) is 0 Å². The molecule has 1 aromatic rings. The molecule has 0 aliphatic heterocycles. The molecule has 0 saturated heterocycles. The lowest BCUT2D eigenvalue weighted by atomic mass is 9.85. The Hall–Kier alpha value is -1.09. The molecule has 0 aromatic heterocycles. The van der Waals surface area contributed by atoms with Crippen molar-refractivity contribution in [3.8, 4) is 0 Å². The molecule has 2 N–H and O–H groups in total. The summed E-state index contributed by atoms with van der Waals surface area (Å²) in [7, 11) is 0. The Balaban J connectivity index is 1.94. The fraction of sp³-hybridized carbons (Fsp3) is 0.538. The lowest BCUT2D eigenvalue weighted by Crippen LogP contribution is -2.38. The minimum atomic E-state index is -0.652. The summed E-state index contributed by atoms with van der Waals surface area (Å²) in [6, 6.07) is 6.57. The second-order valence-electron chi connectivity index (χ2n) is 4.62. The zero-order chi connectivity index (χ0) is 11.4. The third-order valence-corrected chi connectivity index (χ3v) is 3.27. The first-order valence-corrected chi connectivity index (χ1v) is 5.90. The molecule has 1 aromatic carbocycles. The Labute approximate surface area is 95.5 Å². The van der Waals surface area contributed by atoms with E-state index in [4.69, 9.17) is 0 Å². The maximum atomic E-state index is 13.3. The van der Waals surface area contributed by atoms with Gasteiger partial charge in [0.15, 0.2) is 0 Å². The summed E-state index contributed by atoms with van der Waals surface area (Å²) in [5.74, 6) is -0.262. The van der Waals surface area contributed by atoms with Crippen LogP contribution >= 0.6 is 0 Å². The molecule has 0 bridgehead atoms. The van der Waals surface area contributed by atoms with Gasteiger partial charge in [-0.2, -0.15) is 0 Å². The lowest BCUT2D eigenvalue weighted by molar-refractivity contribution is 0.0167. The number of rotatable bonds is 3. The average molecular weight is 223 g/mol. The van der Waals surface area contributed by atoms with Gasteiger partial charge in [0, 0.05) is 6.54 Å². The van der Waals surface area contributed by atoms with Gasteiger partial charge in [0.25, 0.3) is 0 Å². The standard InChI is InChI=1S/C13H18FNO/c14-11-6-2-3-7-12(11)15-10-13(16)8-4-1-5-9-13/h2-3,6-7,15-16H,1,4-5,8-10H2. The van der Waals surface area contributed by atoms with Crippen molar-refractivity contribution in [1.82, 2.24) is 0 Å². The summed E-state index contributed by atoms with van der Waals surface area (Å²) in [5, 5.41) is 13.2. The second-order valence-corrected chi connectivity index (χ2v) is 4.62. The molecule has 1 saturated carbocycles. The third kappa shape index (κ3) is 2.73. The fourth-order valence-electron chi connectivity index (χ4n) is 2.25. The predicted molar refractivity (Wildman–Crippen MR) is 62.9 cm³/mol. The van der Waals surface area contributed by atoms with E-state index in [2.05, 4.69) is 5.32 Å². The summed E-state index contributed by atoms with van der Waals surface area (Å²) in [6.45, 7) is 0.438. The quantitative estimate of drug-likeness (QED) is 0.825. The minimum Gasteiger partial charge on any atom is -0.388 e. The number of benzene rings is 1. The van der Waals surface area contributed by atoms with E-state index < -0.39 is 5.60 Å². The second kappa shape index (κ2) is 4.83. The Kier molecular flexibility index (Phi) is 3.44. The van der Waals surface area contributed by atoms with Gasteiger partial charge < -0.3 is 10.4 Å². The van der Waals surface area contributed by atoms with Gasteiger partial charge in [0.1, 0.15) is 5.82 Å². The van der Waals surface area contributed by atoms with Gasteiger partial charge in [0.2, 0.25) is 0 Å². The minimum absolute atomic E-state index is 0.262. The van der Waals surface area contributed by atoms with E-state index >= 15 is 0 Å². The highest BCUT2D eigenvalue weighted by Crippen LogP contribution is 2.28. The molecule has 0 atom stereocenters. The van der Waals surface area contributed by atoms with E-state index in [-0.39, 0.29) is 5.82 Å². The van der Waals surface area contributed by atoms with Gasteiger partial charge in [0.05, 0.1) is 11.3 Å². The predicted octanol–water partition coefficient (Wildman–Crippen LogP) is 2.93. The van der Waals surface area contributed by atoms with E-state index in [0.717, 1.165) is 25.7 Å². The summed E-state index contributed by atoms with van der Waals surface area (Å²) < 4.78 is 13.3. The van der Waals surface area contributed by atoms with E-state index in [0.29, 0.717) is 12.2 Å². The van der Waals surface area contributed by atoms with Crippen molar-refractivity contribution in [2.24, 2.45) is 0 Å². The molecule has 0 spiro atoms. The van der Waals surface area contributed by atoms with Crippen LogP contribution in [-0.2, 0) is 0 Å². The van der Waals surface area contributed by atoms with Crippen LogP contribution in [0.15, 0.2) is 24.3 Å². The molecule has 0 radical (unpaired) electrons. The number of hydrogen-bond acceptors (Lipinski definition) is 2. The van der Waals surface area contributed by atoms with Crippen LogP contribution in [0.2, 0.25) is 0 Å². The highest BCUT2D eigenvalue weighted by molar-refractivity contribution is 5.44.